The Morgan fingerprint density at radius 1 is 1.27 bits per heavy atom. The Morgan fingerprint density at radius 3 is 2.82 bits per heavy atom. The Kier molecular flexibility index (Phi) is 6.50. The molecule has 0 aliphatic rings. The van der Waals surface area contributed by atoms with Crippen molar-refractivity contribution in [3.05, 3.63) is 33.7 Å². The number of nitrogens with one attached hydrogen (secondary N) is 1. The number of fused-ring (bicyclic) bond motifs is 1. The molecule has 0 fully saturated rings. The molecule has 0 aliphatic carbocycles. The lowest BCUT2D eigenvalue weighted by molar-refractivity contribution is 0.0943. The van der Waals surface area contributed by atoms with Crippen LogP contribution in [0, 0.1) is 3.57 Å². The maximum absolute atomic E-state index is 12.1. The Labute approximate surface area is 144 Å². The summed E-state index contributed by atoms with van der Waals surface area (Å²) in [4.78, 5) is 23.2. The van der Waals surface area contributed by atoms with E-state index in [1.54, 1.807) is 0 Å². The molecule has 2 rings (SSSR count). The van der Waals surface area contributed by atoms with Crippen LogP contribution in [0.15, 0.2) is 24.4 Å². The third-order valence-electron chi connectivity index (χ3n) is 3.44. The van der Waals surface area contributed by atoms with Crippen molar-refractivity contribution >= 4 is 39.5 Å². The van der Waals surface area contributed by atoms with E-state index in [9.17, 15) is 4.79 Å². The van der Waals surface area contributed by atoms with E-state index in [-0.39, 0.29) is 5.91 Å². The second-order valence-electron chi connectivity index (χ2n) is 5.08. The van der Waals surface area contributed by atoms with Crippen LogP contribution in [0.3, 0.4) is 0 Å². The number of hydrogen-bond donors (Lipinski definition) is 1. The molecule has 1 N–H and O–H groups in total. The van der Waals surface area contributed by atoms with Gasteiger partial charge in [-0.15, -0.1) is 0 Å². The number of benzene rings is 1. The first-order valence-electron chi connectivity index (χ1n) is 7.57. The van der Waals surface area contributed by atoms with Crippen LogP contribution in [-0.2, 0) is 0 Å². The lowest BCUT2D eigenvalue weighted by Gasteiger charge is -2.19. The van der Waals surface area contributed by atoms with Crippen LogP contribution in [-0.4, -0.2) is 47.0 Å². The first kappa shape index (κ1) is 17.1. The van der Waals surface area contributed by atoms with Gasteiger partial charge >= 0.3 is 0 Å². The molecule has 1 heterocycles. The number of halogens is 1. The van der Waals surface area contributed by atoms with Crippen LogP contribution in [0.4, 0.5) is 0 Å². The van der Waals surface area contributed by atoms with E-state index >= 15 is 0 Å². The average molecular weight is 412 g/mol. The molecule has 1 amide bonds. The molecule has 22 heavy (non-hydrogen) atoms. The first-order chi connectivity index (χ1) is 10.6. The number of aromatic nitrogens is 2. The lowest BCUT2D eigenvalue weighted by atomic mass is 10.3. The van der Waals surface area contributed by atoms with Crippen molar-refractivity contribution in [2.45, 2.75) is 20.3 Å². The van der Waals surface area contributed by atoms with Crippen molar-refractivity contribution in [2.75, 3.05) is 26.2 Å². The summed E-state index contributed by atoms with van der Waals surface area (Å²) in [5.74, 6) is -0.166. The minimum Gasteiger partial charge on any atom is -0.349 e. The molecule has 1 aromatic carbocycles. The number of rotatable bonds is 7. The van der Waals surface area contributed by atoms with E-state index in [1.807, 2.05) is 18.2 Å². The highest BCUT2D eigenvalue weighted by Gasteiger charge is 2.09. The smallest absolute Gasteiger partial charge is 0.271 e. The first-order valence-corrected chi connectivity index (χ1v) is 8.64. The Balaban J connectivity index is 1.96. The van der Waals surface area contributed by atoms with Crippen LogP contribution < -0.4 is 5.32 Å². The van der Waals surface area contributed by atoms with Gasteiger partial charge in [0, 0.05) is 16.7 Å². The minimum atomic E-state index is -0.166. The van der Waals surface area contributed by atoms with Gasteiger partial charge in [-0.1, -0.05) is 13.8 Å². The summed E-state index contributed by atoms with van der Waals surface area (Å²) in [6.07, 6.45) is 2.66. The molecule has 0 spiro atoms. The van der Waals surface area contributed by atoms with Gasteiger partial charge in [-0.2, -0.15) is 0 Å². The monoisotopic (exact) mass is 412 g/mol. The number of hydrogen-bond acceptors (Lipinski definition) is 4. The van der Waals surface area contributed by atoms with Crippen molar-refractivity contribution in [2.24, 2.45) is 0 Å². The number of nitrogens with zero attached hydrogens (tertiary/aromatic N) is 3. The van der Waals surface area contributed by atoms with E-state index < -0.39 is 0 Å². The molecule has 0 radical (unpaired) electrons. The molecule has 0 bridgehead atoms. The molecule has 0 saturated heterocycles. The maximum Gasteiger partial charge on any atom is 0.271 e. The summed E-state index contributed by atoms with van der Waals surface area (Å²) < 4.78 is 1.10. The van der Waals surface area contributed by atoms with E-state index in [0.717, 1.165) is 40.7 Å². The fourth-order valence-electron chi connectivity index (χ4n) is 2.26. The van der Waals surface area contributed by atoms with E-state index in [0.29, 0.717) is 12.2 Å². The highest BCUT2D eigenvalue weighted by molar-refractivity contribution is 14.1. The van der Waals surface area contributed by atoms with Gasteiger partial charge in [0.05, 0.1) is 17.2 Å². The third-order valence-corrected chi connectivity index (χ3v) is 4.11. The van der Waals surface area contributed by atoms with Gasteiger partial charge in [0.25, 0.3) is 5.91 Å². The van der Waals surface area contributed by atoms with E-state index in [1.165, 1.54) is 6.20 Å². The van der Waals surface area contributed by atoms with Gasteiger partial charge in [0.1, 0.15) is 5.69 Å². The van der Waals surface area contributed by atoms with Gasteiger partial charge in [-0.05, 0) is 60.3 Å². The van der Waals surface area contributed by atoms with Gasteiger partial charge in [0.2, 0.25) is 0 Å². The SMILES string of the molecule is CCCN(CC)CCNC(=O)c1cnc2cc(I)ccc2n1. The summed E-state index contributed by atoms with van der Waals surface area (Å²) in [5, 5.41) is 2.91. The second kappa shape index (κ2) is 8.38. The van der Waals surface area contributed by atoms with Crippen molar-refractivity contribution in [1.82, 2.24) is 20.2 Å². The lowest BCUT2D eigenvalue weighted by Crippen LogP contribution is -2.35. The molecule has 0 unspecified atom stereocenters. The normalized spacial score (nSPS) is 11.1. The zero-order chi connectivity index (χ0) is 15.9. The quantitative estimate of drug-likeness (QED) is 0.711. The topological polar surface area (TPSA) is 58.1 Å². The summed E-state index contributed by atoms with van der Waals surface area (Å²) in [5.41, 5.74) is 1.92. The standard InChI is InChI=1S/C16H21IN4O/c1-3-8-21(4-2)9-7-18-16(22)15-11-19-14-10-12(17)5-6-13(14)20-15/h5-6,10-11H,3-4,7-9H2,1-2H3,(H,18,22). The second-order valence-corrected chi connectivity index (χ2v) is 6.32. The zero-order valence-electron chi connectivity index (χ0n) is 13.0. The van der Waals surface area contributed by atoms with E-state index in [4.69, 9.17) is 0 Å². The predicted octanol–water partition coefficient (Wildman–Crippen LogP) is 2.70. The van der Waals surface area contributed by atoms with Crippen LogP contribution in [0.25, 0.3) is 11.0 Å². The zero-order valence-corrected chi connectivity index (χ0v) is 15.1. The van der Waals surface area contributed by atoms with Crippen LogP contribution in [0.1, 0.15) is 30.8 Å². The summed E-state index contributed by atoms with van der Waals surface area (Å²) >= 11 is 2.23. The van der Waals surface area contributed by atoms with Crippen molar-refractivity contribution in [1.29, 1.82) is 0 Å². The Bertz CT molecular complexity index is 647. The van der Waals surface area contributed by atoms with Gasteiger partial charge in [-0.25, -0.2) is 4.98 Å². The Hall–Kier alpha value is -1.28. The van der Waals surface area contributed by atoms with E-state index in [2.05, 4.69) is 56.6 Å². The van der Waals surface area contributed by atoms with Gasteiger partial charge in [-0.3, -0.25) is 9.78 Å². The van der Waals surface area contributed by atoms with Gasteiger partial charge in [0.15, 0.2) is 0 Å². The highest BCUT2D eigenvalue weighted by atomic mass is 127. The molecular formula is C16H21IN4O. The van der Waals surface area contributed by atoms with Crippen molar-refractivity contribution < 1.29 is 4.79 Å². The highest BCUT2D eigenvalue weighted by Crippen LogP contribution is 2.13. The fraction of sp³-hybridized carbons (Fsp3) is 0.438. The minimum absolute atomic E-state index is 0.166. The number of amides is 1. The maximum atomic E-state index is 12.1. The molecular weight excluding hydrogens is 391 g/mol. The molecule has 118 valence electrons. The van der Waals surface area contributed by atoms with Gasteiger partial charge < -0.3 is 10.2 Å². The van der Waals surface area contributed by atoms with Crippen LogP contribution >= 0.6 is 22.6 Å². The molecule has 0 aliphatic heterocycles. The summed E-state index contributed by atoms with van der Waals surface area (Å²) in [6, 6.07) is 5.80. The Morgan fingerprint density at radius 2 is 2.09 bits per heavy atom. The largest absolute Gasteiger partial charge is 0.349 e. The van der Waals surface area contributed by atoms with Crippen molar-refractivity contribution in [3.63, 3.8) is 0 Å². The molecule has 0 atom stereocenters. The molecule has 5 nitrogen and oxygen atoms in total. The van der Waals surface area contributed by atoms with Crippen molar-refractivity contribution in [3.8, 4) is 0 Å². The van der Waals surface area contributed by atoms with Crippen LogP contribution in [0.2, 0.25) is 0 Å². The number of likely N-dealkylation sites (N-methyl/N-ethyl adjacent to an activating group) is 1. The van der Waals surface area contributed by atoms with Crippen LogP contribution in [0.5, 0.6) is 0 Å². The summed E-state index contributed by atoms with van der Waals surface area (Å²) in [6.45, 7) is 7.83. The molecule has 2 aromatic rings. The third kappa shape index (κ3) is 4.61. The average Bonchev–Trinajstić information content (AvgIpc) is 2.53. The number of carbonyl (C=O) groups is 1. The molecule has 1 aromatic heterocycles. The molecule has 0 saturated carbocycles. The molecule has 6 heteroatoms. The predicted molar refractivity (Wildman–Crippen MR) is 97.0 cm³/mol. The number of carbonyl (C=O) groups excluding carboxylic acids is 1. The fourth-order valence-corrected chi connectivity index (χ4v) is 2.73. The summed E-state index contributed by atoms with van der Waals surface area (Å²) in [7, 11) is 0.